The normalized spacial score (nSPS) is 11.4. The molecule has 0 atom stereocenters. The summed E-state index contributed by atoms with van der Waals surface area (Å²) in [5.74, 6) is -0.989. The van der Waals surface area contributed by atoms with Crippen molar-refractivity contribution in [3.63, 3.8) is 0 Å². The topological polar surface area (TPSA) is 120 Å². The van der Waals surface area contributed by atoms with Crippen LogP contribution < -0.4 is 0 Å². The van der Waals surface area contributed by atoms with E-state index in [-0.39, 0.29) is 13.2 Å². The first-order valence-corrected chi connectivity index (χ1v) is 15.7. The van der Waals surface area contributed by atoms with E-state index in [0.29, 0.717) is 99.1 Å². The zero-order valence-corrected chi connectivity index (χ0v) is 25.8. The summed E-state index contributed by atoms with van der Waals surface area (Å²) < 4.78 is 48.5. The SMILES string of the molecule is CCCCCCCCCCCCOCCOCCOCCOCCOCCOCCOCCOCCOCC(=O)O. The summed E-state index contributed by atoms with van der Waals surface area (Å²) in [6.45, 7) is 10.6. The minimum Gasteiger partial charge on any atom is -0.480 e. The second-order valence-electron chi connectivity index (χ2n) is 9.53. The number of carboxylic acids is 1. The van der Waals surface area contributed by atoms with Crippen molar-refractivity contribution in [1.82, 2.24) is 0 Å². The van der Waals surface area contributed by atoms with E-state index in [9.17, 15) is 4.79 Å². The number of hydrogen-bond donors (Lipinski definition) is 1. The van der Waals surface area contributed by atoms with Crippen molar-refractivity contribution in [3.8, 4) is 0 Å². The highest BCUT2D eigenvalue weighted by molar-refractivity contribution is 5.67. The predicted octanol–water partition coefficient (Wildman–Crippen LogP) is 4.14. The van der Waals surface area contributed by atoms with Gasteiger partial charge in [0, 0.05) is 6.61 Å². The number of carbonyl (C=O) groups is 1. The van der Waals surface area contributed by atoms with Crippen molar-refractivity contribution in [3.05, 3.63) is 0 Å². The third-order valence-corrected chi connectivity index (χ3v) is 5.84. The van der Waals surface area contributed by atoms with Crippen LogP contribution in [0.4, 0.5) is 0 Å². The maximum atomic E-state index is 10.3. The Kier molecular flexibility index (Phi) is 36.3. The molecule has 0 aliphatic heterocycles. The Bertz CT molecular complexity index is 497. The number of hydrogen-bond acceptors (Lipinski definition) is 10. The van der Waals surface area contributed by atoms with Crippen LogP contribution >= 0.6 is 0 Å². The summed E-state index contributed by atoms with van der Waals surface area (Å²) in [5, 5.41) is 8.42. The molecule has 0 fully saturated rings. The van der Waals surface area contributed by atoms with Gasteiger partial charge >= 0.3 is 5.97 Å². The molecule has 0 saturated heterocycles. The molecule has 0 amide bonds. The van der Waals surface area contributed by atoms with E-state index in [0.717, 1.165) is 13.0 Å². The Morgan fingerprint density at radius 2 is 0.610 bits per heavy atom. The third-order valence-electron chi connectivity index (χ3n) is 5.84. The van der Waals surface area contributed by atoms with Crippen molar-refractivity contribution >= 4 is 5.97 Å². The number of ether oxygens (including phenoxy) is 9. The highest BCUT2D eigenvalue weighted by atomic mass is 16.6. The lowest BCUT2D eigenvalue weighted by molar-refractivity contribution is -0.142. The number of carboxylic acid groups (broad SMARTS) is 1. The fourth-order valence-corrected chi connectivity index (χ4v) is 3.61. The van der Waals surface area contributed by atoms with E-state index in [4.69, 9.17) is 47.7 Å². The lowest BCUT2D eigenvalue weighted by Crippen LogP contribution is -2.15. The molecule has 246 valence electrons. The quantitative estimate of drug-likeness (QED) is 0.104. The van der Waals surface area contributed by atoms with Crippen LogP contribution in [0.15, 0.2) is 0 Å². The Morgan fingerprint density at radius 1 is 0.366 bits per heavy atom. The average Bonchev–Trinajstić information content (AvgIpc) is 2.97. The zero-order chi connectivity index (χ0) is 29.7. The second-order valence-corrected chi connectivity index (χ2v) is 9.53. The molecule has 0 spiro atoms. The Balaban J connectivity index is 3.03. The lowest BCUT2D eigenvalue weighted by Gasteiger charge is -2.09. The Labute approximate surface area is 248 Å². The molecule has 0 aliphatic carbocycles. The van der Waals surface area contributed by atoms with E-state index >= 15 is 0 Å². The van der Waals surface area contributed by atoms with Gasteiger partial charge in [0.1, 0.15) is 6.61 Å². The standard InChI is InChI=1S/C30H60O11/c1-2-3-4-5-6-7-8-9-10-11-12-33-13-14-34-15-16-35-17-18-36-19-20-37-21-22-38-23-24-39-25-26-40-27-28-41-29-30(31)32/h2-29H2,1H3,(H,31,32). The van der Waals surface area contributed by atoms with Gasteiger partial charge in [-0.3, -0.25) is 0 Å². The summed E-state index contributed by atoms with van der Waals surface area (Å²) in [4.78, 5) is 10.3. The van der Waals surface area contributed by atoms with Crippen molar-refractivity contribution in [2.45, 2.75) is 71.1 Å². The van der Waals surface area contributed by atoms with Crippen LogP contribution in [0.2, 0.25) is 0 Å². The van der Waals surface area contributed by atoms with Gasteiger partial charge in [-0.25, -0.2) is 4.79 Å². The van der Waals surface area contributed by atoms with Crippen LogP contribution in [0.1, 0.15) is 71.1 Å². The molecule has 0 radical (unpaired) electrons. The van der Waals surface area contributed by atoms with Gasteiger partial charge in [0.05, 0.1) is 106 Å². The molecule has 0 heterocycles. The van der Waals surface area contributed by atoms with Gasteiger partial charge in [-0.05, 0) is 6.42 Å². The minimum atomic E-state index is -0.989. The Morgan fingerprint density at radius 3 is 0.902 bits per heavy atom. The molecule has 41 heavy (non-hydrogen) atoms. The maximum Gasteiger partial charge on any atom is 0.329 e. The highest BCUT2D eigenvalue weighted by Gasteiger charge is 1.98. The molecule has 0 aromatic heterocycles. The molecule has 0 unspecified atom stereocenters. The summed E-state index contributed by atoms with van der Waals surface area (Å²) in [6.07, 6.45) is 13.4. The molecule has 11 nitrogen and oxygen atoms in total. The summed E-state index contributed by atoms with van der Waals surface area (Å²) in [7, 11) is 0. The predicted molar refractivity (Wildman–Crippen MR) is 157 cm³/mol. The molecule has 0 aliphatic rings. The van der Waals surface area contributed by atoms with E-state index < -0.39 is 5.97 Å². The molecular weight excluding hydrogens is 536 g/mol. The van der Waals surface area contributed by atoms with Crippen LogP contribution in [0, 0.1) is 0 Å². The third kappa shape index (κ3) is 39.1. The van der Waals surface area contributed by atoms with Crippen LogP contribution in [0.25, 0.3) is 0 Å². The van der Waals surface area contributed by atoms with Gasteiger partial charge < -0.3 is 47.7 Å². The van der Waals surface area contributed by atoms with Gasteiger partial charge in [0.2, 0.25) is 0 Å². The highest BCUT2D eigenvalue weighted by Crippen LogP contribution is 2.10. The minimum absolute atomic E-state index is 0.250. The maximum absolute atomic E-state index is 10.3. The summed E-state index contributed by atoms with van der Waals surface area (Å²) in [6, 6.07) is 0. The molecule has 0 aromatic carbocycles. The second kappa shape index (κ2) is 37.1. The van der Waals surface area contributed by atoms with Crippen LogP contribution in [-0.2, 0) is 47.4 Å². The van der Waals surface area contributed by atoms with E-state index in [1.807, 2.05) is 0 Å². The first-order valence-electron chi connectivity index (χ1n) is 15.7. The van der Waals surface area contributed by atoms with Crippen LogP contribution in [0.3, 0.4) is 0 Å². The van der Waals surface area contributed by atoms with Crippen molar-refractivity contribution in [1.29, 1.82) is 0 Å². The first-order chi connectivity index (χ1) is 20.3. The molecule has 11 heteroatoms. The monoisotopic (exact) mass is 596 g/mol. The van der Waals surface area contributed by atoms with Crippen molar-refractivity contribution in [2.75, 3.05) is 119 Å². The fourth-order valence-electron chi connectivity index (χ4n) is 3.61. The summed E-state index contributed by atoms with van der Waals surface area (Å²) in [5.41, 5.74) is 0. The van der Waals surface area contributed by atoms with Crippen LogP contribution in [0.5, 0.6) is 0 Å². The lowest BCUT2D eigenvalue weighted by atomic mass is 10.1. The van der Waals surface area contributed by atoms with Gasteiger partial charge in [0.25, 0.3) is 0 Å². The van der Waals surface area contributed by atoms with E-state index in [2.05, 4.69) is 6.92 Å². The average molecular weight is 597 g/mol. The van der Waals surface area contributed by atoms with Crippen LogP contribution in [-0.4, -0.2) is 130 Å². The van der Waals surface area contributed by atoms with E-state index in [1.165, 1.54) is 57.8 Å². The molecule has 1 N–H and O–H groups in total. The summed E-state index contributed by atoms with van der Waals surface area (Å²) >= 11 is 0. The van der Waals surface area contributed by atoms with Crippen molar-refractivity contribution in [2.24, 2.45) is 0 Å². The number of unbranched alkanes of at least 4 members (excludes halogenated alkanes) is 9. The first kappa shape index (κ1) is 40.1. The van der Waals surface area contributed by atoms with E-state index in [1.54, 1.807) is 0 Å². The number of rotatable bonds is 37. The van der Waals surface area contributed by atoms with Gasteiger partial charge in [-0.2, -0.15) is 0 Å². The van der Waals surface area contributed by atoms with Crippen molar-refractivity contribution < 1.29 is 52.5 Å². The fraction of sp³-hybridized carbons (Fsp3) is 0.967. The molecular formula is C30H60O11. The smallest absolute Gasteiger partial charge is 0.329 e. The van der Waals surface area contributed by atoms with Gasteiger partial charge in [-0.1, -0.05) is 64.7 Å². The molecule has 0 aromatic rings. The molecule has 0 bridgehead atoms. The number of aliphatic carboxylic acids is 1. The zero-order valence-electron chi connectivity index (χ0n) is 25.8. The molecule has 0 saturated carbocycles. The van der Waals surface area contributed by atoms with Gasteiger partial charge in [-0.15, -0.1) is 0 Å². The van der Waals surface area contributed by atoms with Gasteiger partial charge in [0.15, 0.2) is 0 Å². The largest absolute Gasteiger partial charge is 0.480 e. The molecule has 0 rings (SSSR count). The Hall–Kier alpha value is -0.890.